The van der Waals surface area contributed by atoms with Crippen molar-refractivity contribution in [3.8, 4) is 0 Å². The fraction of sp³-hybridized carbons (Fsp3) is 0.154. The van der Waals surface area contributed by atoms with E-state index < -0.39 is 15.7 Å². The average molecular weight is 326 g/mol. The Morgan fingerprint density at radius 1 is 1.24 bits per heavy atom. The maximum Gasteiger partial charge on any atom is 0.300 e. The molecule has 0 aliphatic heterocycles. The largest absolute Gasteiger partial charge is 0.455 e. The van der Waals surface area contributed by atoms with Crippen LogP contribution >= 0.6 is 11.8 Å². The lowest BCUT2D eigenvalue weighted by atomic mass is 10.4. The number of carbonyl (C=O) groups is 1. The number of sulfone groups is 1. The zero-order valence-corrected chi connectivity index (χ0v) is 12.8. The zero-order valence-electron chi connectivity index (χ0n) is 11.2. The first-order valence-electron chi connectivity index (χ1n) is 5.93. The minimum absolute atomic E-state index is 0.153. The van der Waals surface area contributed by atoms with Gasteiger partial charge >= 0.3 is 5.91 Å². The number of hydrogen-bond acceptors (Lipinski definition) is 6. The fourth-order valence-electron chi connectivity index (χ4n) is 1.59. The Hall–Kier alpha value is -1.77. The Balaban J connectivity index is 2.00. The van der Waals surface area contributed by atoms with E-state index in [9.17, 15) is 13.2 Å². The number of thioether (sulfide) groups is 1. The molecule has 0 spiro atoms. The van der Waals surface area contributed by atoms with Crippen molar-refractivity contribution >= 4 is 27.5 Å². The van der Waals surface area contributed by atoms with E-state index in [0.29, 0.717) is 11.5 Å². The maximum atomic E-state index is 11.3. The highest BCUT2D eigenvalue weighted by molar-refractivity contribution is 7.98. The molecule has 0 saturated carbocycles. The van der Waals surface area contributed by atoms with Crippen LogP contribution in [0.15, 0.2) is 50.6 Å². The first-order chi connectivity index (χ1) is 9.90. The summed E-state index contributed by atoms with van der Waals surface area (Å²) in [6.45, 7) is 0. The van der Waals surface area contributed by atoms with Gasteiger partial charge in [-0.1, -0.05) is 0 Å². The van der Waals surface area contributed by atoms with Crippen LogP contribution in [0.3, 0.4) is 0 Å². The number of amides is 1. The fourth-order valence-corrected chi connectivity index (χ4v) is 3.01. The van der Waals surface area contributed by atoms with Crippen molar-refractivity contribution in [2.75, 3.05) is 6.26 Å². The molecule has 2 aromatic rings. The van der Waals surface area contributed by atoms with Crippen LogP contribution in [0.5, 0.6) is 0 Å². The Labute approximate surface area is 126 Å². The molecular formula is C13H14N2O4S2. The lowest BCUT2D eigenvalue weighted by molar-refractivity contribution is 0.0924. The lowest BCUT2D eigenvalue weighted by Crippen LogP contribution is -2.29. The van der Waals surface area contributed by atoms with E-state index in [0.717, 1.165) is 4.90 Å². The smallest absolute Gasteiger partial charge is 0.300 e. The second kappa shape index (κ2) is 6.33. The molecule has 3 N–H and O–H groups in total. The number of nitrogen functional groups attached to an aromatic ring is 1. The van der Waals surface area contributed by atoms with Crippen LogP contribution in [0.25, 0.3) is 0 Å². The van der Waals surface area contributed by atoms with Gasteiger partial charge in [-0.25, -0.2) is 14.3 Å². The molecule has 0 atom stereocenters. The molecule has 0 fully saturated rings. The lowest BCUT2D eigenvalue weighted by Gasteiger charge is -2.02. The summed E-state index contributed by atoms with van der Waals surface area (Å²) in [4.78, 5) is 12.4. The minimum atomic E-state index is -3.18. The van der Waals surface area contributed by atoms with E-state index in [2.05, 4.69) is 0 Å². The number of hydrazine groups is 1. The summed E-state index contributed by atoms with van der Waals surface area (Å²) in [5.41, 5.74) is 1.99. The number of nitrogens with one attached hydrogen (secondary N) is 1. The van der Waals surface area contributed by atoms with Crippen LogP contribution in [-0.4, -0.2) is 20.6 Å². The van der Waals surface area contributed by atoms with Crippen molar-refractivity contribution in [1.82, 2.24) is 5.43 Å². The van der Waals surface area contributed by atoms with Gasteiger partial charge in [0, 0.05) is 11.2 Å². The second-order valence-electron chi connectivity index (χ2n) is 4.27. The third-order valence-electron chi connectivity index (χ3n) is 2.65. The molecule has 112 valence electrons. The number of furan rings is 1. The van der Waals surface area contributed by atoms with Crippen molar-refractivity contribution < 1.29 is 17.6 Å². The molecule has 0 aliphatic carbocycles. The van der Waals surface area contributed by atoms with Crippen molar-refractivity contribution in [3.63, 3.8) is 0 Å². The average Bonchev–Trinajstić information content (AvgIpc) is 2.92. The third kappa shape index (κ3) is 4.10. The molecule has 1 heterocycles. The molecule has 1 aromatic carbocycles. The molecule has 6 nitrogen and oxygen atoms in total. The Bertz CT molecular complexity index is 736. The highest BCUT2D eigenvalue weighted by atomic mass is 32.2. The monoisotopic (exact) mass is 326 g/mol. The minimum Gasteiger partial charge on any atom is -0.455 e. The van der Waals surface area contributed by atoms with Gasteiger partial charge in [0.25, 0.3) is 0 Å². The van der Waals surface area contributed by atoms with Gasteiger partial charge in [0.2, 0.25) is 0 Å². The number of carbonyl (C=O) groups excluding carboxylic acids is 1. The molecule has 8 heteroatoms. The van der Waals surface area contributed by atoms with Crippen LogP contribution in [0.2, 0.25) is 0 Å². The summed E-state index contributed by atoms with van der Waals surface area (Å²) in [5, 5.41) is 0. The molecule has 0 bridgehead atoms. The SMILES string of the molecule is CS(=O)(=O)c1ccc(SCc2ccc(C(=O)NN)o2)cc1. The number of rotatable bonds is 5. The first-order valence-corrected chi connectivity index (χ1v) is 8.80. The molecule has 0 aliphatic rings. The molecule has 21 heavy (non-hydrogen) atoms. The molecule has 2 rings (SSSR count). The van der Waals surface area contributed by atoms with E-state index in [4.69, 9.17) is 10.3 Å². The van der Waals surface area contributed by atoms with Gasteiger partial charge in [-0.15, -0.1) is 11.8 Å². The normalized spacial score (nSPS) is 11.3. The van der Waals surface area contributed by atoms with E-state index in [1.165, 1.54) is 18.0 Å². The Morgan fingerprint density at radius 3 is 2.48 bits per heavy atom. The van der Waals surface area contributed by atoms with Crippen molar-refractivity contribution in [1.29, 1.82) is 0 Å². The standard InChI is InChI=1S/C13H14N2O4S2/c1-21(17,18)11-5-3-10(4-6-11)20-8-9-2-7-12(19-9)13(16)15-14/h2-7H,8,14H2,1H3,(H,15,16). The summed E-state index contributed by atoms with van der Waals surface area (Å²) in [7, 11) is -3.18. The highest BCUT2D eigenvalue weighted by Gasteiger charge is 2.10. The molecular weight excluding hydrogens is 312 g/mol. The Morgan fingerprint density at radius 2 is 1.90 bits per heavy atom. The third-order valence-corrected chi connectivity index (χ3v) is 4.81. The van der Waals surface area contributed by atoms with E-state index >= 15 is 0 Å². The summed E-state index contributed by atoms with van der Waals surface area (Å²) < 4.78 is 28.0. The van der Waals surface area contributed by atoms with Gasteiger partial charge < -0.3 is 4.42 Å². The van der Waals surface area contributed by atoms with Crippen LogP contribution in [0, 0.1) is 0 Å². The van der Waals surface area contributed by atoms with Gasteiger partial charge in [0.1, 0.15) is 5.76 Å². The van der Waals surface area contributed by atoms with Gasteiger partial charge in [-0.05, 0) is 36.4 Å². The van der Waals surface area contributed by atoms with E-state index in [-0.39, 0.29) is 10.7 Å². The maximum absolute atomic E-state index is 11.3. The predicted octanol–water partition coefficient (Wildman–Crippen LogP) is 1.58. The molecule has 1 aromatic heterocycles. The first kappa shape index (κ1) is 15.6. The highest BCUT2D eigenvalue weighted by Crippen LogP contribution is 2.25. The predicted molar refractivity (Wildman–Crippen MR) is 79.5 cm³/mol. The second-order valence-corrected chi connectivity index (χ2v) is 7.34. The number of hydrogen-bond donors (Lipinski definition) is 2. The van der Waals surface area contributed by atoms with Crippen LogP contribution in [-0.2, 0) is 15.6 Å². The summed E-state index contributed by atoms with van der Waals surface area (Å²) in [6.07, 6.45) is 1.17. The Kier molecular flexibility index (Phi) is 4.71. The van der Waals surface area contributed by atoms with Gasteiger partial charge in [0.15, 0.2) is 15.6 Å². The molecule has 0 unspecified atom stereocenters. The van der Waals surface area contributed by atoms with Crippen molar-refractivity contribution in [2.24, 2.45) is 5.84 Å². The zero-order chi connectivity index (χ0) is 15.5. The van der Waals surface area contributed by atoms with Gasteiger partial charge in [0.05, 0.1) is 10.6 Å². The van der Waals surface area contributed by atoms with Crippen LogP contribution < -0.4 is 11.3 Å². The van der Waals surface area contributed by atoms with E-state index in [1.54, 1.807) is 36.4 Å². The van der Waals surface area contributed by atoms with Gasteiger partial charge in [-0.2, -0.15) is 0 Å². The van der Waals surface area contributed by atoms with Crippen molar-refractivity contribution in [2.45, 2.75) is 15.5 Å². The molecule has 0 saturated heterocycles. The van der Waals surface area contributed by atoms with Gasteiger partial charge in [-0.3, -0.25) is 10.2 Å². The molecule has 0 radical (unpaired) electrons. The van der Waals surface area contributed by atoms with Crippen LogP contribution in [0.1, 0.15) is 16.3 Å². The number of nitrogens with two attached hydrogens (primary N) is 1. The van der Waals surface area contributed by atoms with Crippen molar-refractivity contribution in [3.05, 3.63) is 47.9 Å². The topological polar surface area (TPSA) is 102 Å². The molecule has 1 amide bonds. The van der Waals surface area contributed by atoms with E-state index in [1.807, 2.05) is 5.43 Å². The van der Waals surface area contributed by atoms with Crippen LogP contribution in [0.4, 0.5) is 0 Å². The summed E-state index contributed by atoms with van der Waals surface area (Å²) in [6, 6.07) is 9.84. The summed E-state index contributed by atoms with van der Waals surface area (Å²) >= 11 is 1.47. The quantitative estimate of drug-likeness (QED) is 0.374. The number of benzene rings is 1. The summed E-state index contributed by atoms with van der Waals surface area (Å²) in [5.74, 6) is 5.84.